The first kappa shape index (κ1) is 72.5. The fourth-order valence-corrected chi connectivity index (χ4v) is 11.2. The van der Waals surface area contributed by atoms with Crippen molar-refractivity contribution in [3.63, 3.8) is 0 Å². The van der Waals surface area contributed by atoms with Crippen molar-refractivity contribution >= 4 is 41.7 Å². The number of carbonyl (C=O) groups excluding carboxylic acids is 2. The molecule has 14 nitrogen and oxygen atoms in total. The fourth-order valence-electron chi connectivity index (χ4n) is 8.86. The second kappa shape index (κ2) is 46.5. The second-order valence-electron chi connectivity index (χ2n) is 18.7. The Morgan fingerprint density at radius 3 is 0.685 bits per heavy atom. The van der Waals surface area contributed by atoms with Crippen molar-refractivity contribution < 1.29 is 66.0 Å². The van der Waals surface area contributed by atoms with Crippen LogP contribution in [-0.2, 0) is 77.8 Å². The summed E-state index contributed by atoms with van der Waals surface area (Å²) in [5, 5.41) is 0. The van der Waals surface area contributed by atoms with E-state index in [2.05, 4.69) is 13.8 Å². The quantitative estimate of drug-likeness (QED) is 0.0203. The van der Waals surface area contributed by atoms with Crippen LogP contribution in [0.3, 0.4) is 0 Å². The van der Waals surface area contributed by atoms with Gasteiger partial charge in [-0.15, -0.1) is 0 Å². The van der Waals surface area contributed by atoms with E-state index in [0.717, 1.165) is 38.5 Å². The van der Waals surface area contributed by atoms with Crippen LogP contribution in [0.4, 0.5) is 0 Å². The van der Waals surface area contributed by atoms with E-state index in [9.17, 15) is 9.59 Å². The number of hydrogen-bond donors (Lipinski definition) is 1. The van der Waals surface area contributed by atoms with Crippen molar-refractivity contribution in [1.82, 2.24) is 0 Å². The van der Waals surface area contributed by atoms with Crippen LogP contribution in [0.15, 0.2) is 0 Å². The van der Waals surface area contributed by atoms with E-state index in [0.29, 0.717) is 12.8 Å². The summed E-state index contributed by atoms with van der Waals surface area (Å²) in [5.41, 5.74) is -4.21. The first-order valence-electron chi connectivity index (χ1n) is 29.6. The maximum absolute atomic E-state index is 13.8. The Hall–Kier alpha value is -0.460. The van der Waals surface area contributed by atoms with Crippen molar-refractivity contribution in [2.75, 3.05) is 52.9 Å². The second-order valence-corrected chi connectivity index (χ2v) is 23.8. The van der Waals surface area contributed by atoms with Crippen molar-refractivity contribution in [2.24, 2.45) is 0 Å². The van der Waals surface area contributed by atoms with E-state index < -0.39 is 41.5 Å². The Morgan fingerprint density at radius 2 is 0.493 bits per heavy atom. The van der Waals surface area contributed by atoms with Crippen LogP contribution in [0.5, 0.6) is 0 Å². The molecule has 17 heteroatoms. The number of esters is 2. The monoisotopic (exact) mass is 1100 g/mol. The molecule has 0 saturated carbocycles. The summed E-state index contributed by atoms with van der Waals surface area (Å²) in [6.07, 6.45) is 36.1. The lowest BCUT2D eigenvalue weighted by atomic mass is 10.0. The molecule has 0 aliphatic heterocycles. The molecule has 0 amide bonds. The normalized spacial score (nSPS) is 12.8. The van der Waals surface area contributed by atoms with Crippen molar-refractivity contribution in [1.29, 1.82) is 0 Å². The summed E-state index contributed by atoms with van der Waals surface area (Å²) in [6.45, 7) is 17.8. The lowest BCUT2D eigenvalue weighted by molar-refractivity contribution is -0.543. The van der Waals surface area contributed by atoms with Gasteiger partial charge in [0.25, 0.3) is 5.69 Å². The van der Waals surface area contributed by atoms with Crippen LogP contribution in [0.2, 0.25) is 0 Å². The van der Waals surface area contributed by atoms with Gasteiger partial charge in [-0.1, -0.05) is 206 Å². The molecule has 0 aromatic rings. The van der Waals surface area contributed by atoms with E-state index in [1.807, 2.05) is 0 Å². The molecule has 0 heterocycles. The van der Waals surface area contributed by atoms with Crippen LogP contribution in [0.1, 0.15) is 275 Å². The third-order valence-electron chi connectivity index (χ3n) is 12.4. The molecule has 0 spiro atoms. The molecule has 0 aromatic heterocycles. The summed E-state index contributed by atoms with van der Waals surface area (Å²) in [7, 11) is 0. The van der Waals surface area contributed by atoms with Crippen LogP contribution in [0, 0.1) is 0 Å². The van der Waals surface area contributed by atoms with E-state index >= 15 is 0 Å². The lowest BCUT2D eigenvalue weighted by Crippen LogP contribution is -2.66. The SMILES string of the molecule is CCCCCCCCCCCCCCCCCC(=O)OC(OCC)(OCC)C(OCC)(OCC)OP(=S)(S)OC(OCC)(OCC)C(OCC)(OCC)OC(=O)CCCCCCCCCCCCCCCCC. The molecule has 0 N–H and O–H groups in total. The van der Waals surface area contributed by atoms with Crippen LogP contribution < -0.4 is 0 Å². The van der Waals surface area contributed by atoms with Gasteiger partial charge in [0.2, 0.25) is 0 Å². The van der Waals surface area contributed by atoms with E-state index in [4.69, 9.17) is 80.5 Å². The first-order valence-corrected chi connectivity index (χ1v) is 33.4. The molecule has 0 aliphatic carbocycles. The summed E-state index contributed by atoms with van der Waals surface area (Å²) < 4.78 is 75.0. The molecule has 436 valence electrons. The zero-order chi connectivity index (χ0) is 54.4. The molecular weight excluding hydrogens is 992 g/mol. The molecule has 73 heavy (non-hydrogen) atoms. The average molecular weight is 1100 g/mol. The van der Waals surface area contributed by atoms with Gasteiger partial charge >= 0.3 is 35.8 Å². The largest absolute Gasteiger partial charge is 0.417 e. The third kappa shape index (κ3) is 31.1. The van der Waals surface area contributed by atoms with Gasteiger partial charge in [-0.25, -0.2) is 0 Å². The highest BCUT2D eigenvalue weighted by Crippen LogP contribution is 2.63. The van der Waals surface area contributed by atoms with Crippen molar-refractivity contribution in [3.05, 3.63) is 0 Å². The lowest BCUT2D eigenvalue weighted by Gasteiger charge is -2.48. The zero-order valence-electron chi connectivity index (χ0n) is 48.3. The van der Waals surface area contributed by atoms with Gasteiger partial charge in [-0.3, -0.25) is 18.6 Å². The highest BCUT2D eigenvalue weighted by molar-refractivity contribution is 8.60. The van der Waals surface area contributed by atoms with E-state index in [-0.39, 0.29) is 65.7 Å². The average Bonchev–Trinajstić information content (AvgIpc) is 3.34. The zero-order valence-corrected chi connectivity index (χ0v) is 50.9. The van der Waals surface area contributed by atoms with Gasteiger partial charge in [-0.05, 0) is 80.0 Å². The maximum Gasteiger partial charge on any atom is 0.417 e. The Labute approximate surface area is 457 Å². The molecule has 0 unspecified atom stereocenters. The van der Waals surface area contributed by atoms with Crippen LogP contribution in [0.25, 0.3) is 0 Å². The minimum atomic E-state index is -4.21. The minimum Gasteiger partial charge on any atom is -0.401 e. The molecule has 0 bridgehead atoms. The summed E-state index contributed by atoms with van der Waals surface area (Å²) in [6, 6.07) is 0. The molecular formula is C56H111O14PS2. The molecule has 0 aliphatic rings. The number of unbranched alkanes of at least 4 members (excludes halogenated alkanes) is 28. The Bertz CT molecular complexity index is 1230. The summed E-state index contributed by atoms with van der Waals surface area (Å²) >= 11 is 10.9. The highest BCUT2D eigenvalue weighted by Gasteiger charge is 2.69. The number of hydrogen-bond acceptors (Lipinski definition) is 15. The highest BCUT2D eigenvalue weighted by atomic mass is 32.9. The topological polar surface area (TPSA) is 145 Å². The molecule has 0 aromatic carbocycles. The number of thiol groups is 1. The minimum absolute atomic E-state index is 0.0251. The fraction of sp³-hybridized carbons (Fsp3) is 0.964. The van der Waals surface area contributed by atoms with Crippen LogP contribution in [-0.4, -0.2) is 88.7 Å². The third-order valence-corrected chi connectivity index (χ3v) is 14.2. The van der Waals surface area contributed by atoms with Gasteiger partial charge in [0, 0.05) is 12.8 Å². The summed E-state index contributed by atoms with van der Waals surface area (Å²) in [4.78, 5) is 27.7. The van der Waals surface area contributed by atoms with Crippen molar-refractivity contribution in [3.8, 4) is 0 Å². The summed E-state index contributed by atoms with van der Waals surface area (Å²) in [5.74, 6) is -11.2. The van der Waals surface area contributed by atoms with Gasteiger partial charge in [-0.2, -0.15) is 0 Å². The molecule has 0 atom stereocenters. The first-order chi connectivity index (χ1) is 35.3. The number of rotatable bonds is 56. The Balaban J connectivity index is 6.12. The molecule has 0 rings (SSSR count). The van der Waals surface area contributed by atoms with Gasteiger partial charge < -0.3 is 47.4 Å². The van der Waals surface area contributed by atoms with Gasteiger partial charge in [0.05, 0.1) is 52.9 Å². The Morgan fingerprint density at radius 1 is 0.315 bits per heavy atom. The van der Waals surface area contributed by atoms with Crippen molar-refractivity contribution in [2.45, 2.75) is 299 Å². The molecule has 0 radical (unpaired) electrons. The van der Waals surface area contributed by atoms with Crippen LogP contribution >= 0.6 is 17.9 Å². The standard InChI is InChI=1S/C56H111O14PS2/c1-11-21-23-25-27-29-31-33-35-37-39-41-43-45-47-49-51(57)67-53(59-13-3,60-14-4)55(63-17-7,64-18-8)69-71(72,73)70-56(65-19-9,66-20-10)54(61-15-5,62-16-6)68-52(58)50-48-46-44-42-40-38-36-34-32-30-28-26-24-22-12-2/h11-50H2,1-10H3,(H,72,73). The van der Waals surface area contributed by atoms with Gasteiger partial charge in [0.15, 0.2) is 0 Å². The molecule has 0 fully saturated rings. The Kier molecular flexibility index (Phi) is 46.2. The predicted molar refractivity (Wildman–Crippen MR) is 301 cm³/mol. The maximum atomic E-state index is 13.8. The molecule has 0 saturated heterocycles. The van der Waals surface area contributed by atoms with E-state index in [1.165, 1.54) is 141 Å². The smallest absolute Gasteiger partial charge is 0.401 e. The van der Waals surface area contributed by atoms with E-state index in [1.54, 1.807) is 55.4 Å². The number of ether oxygens (including phenoxy) is 10. The predicted octanol–water partition coefficient (Wildman–Crippen LogP) is 16.7. The number of carbonyl (C=O) groups is 2. The van der Waals surface area contributed by atoms with Gasteiger partial charge in [0.1, 0.15) is 0 Å².